The minimum Gasteiger partial charge on any atom is -0.466 e. The van der Waals surface area contributed by atoms with E-state index in [0.717, 1.165) is 9.87 Å². The summed E-state index contributed by atoms with van der Waals surface area (Å²) in [5.74, 6) is -1.60. The van der Waals surface area contributed by atoms with Gasteiger partial charge in [0.25, 0.3) is 5.91 Å². The summed E-state index contributed by atoms with van der Waals surface area (Å²) in [5, 5.41) is 2.54. The van der Waals surface area contributed by atoms with Crippen molar-refractivity contribution in [2.45, 2.75) is 50.5 Å². The molecule has 1 aromatic carbocycles. The molecule has 1 unspecified atom stereocenters. The molecule has 1 aliphatic heterocycles. The normalized spacial score (nSPS) is 16.8. The Hall–Kier alpha value is -2.46. The predicted molar refractivity (Wildman–Crippen MR) is 108 cm³/mol. The Bertz CT molecular complexity index is 852. The van der Waals surface area contributed by atoms with Crippen LogP contribution in [0.3, 0.4) is 0 Å². The summed E-state index contributed by atoms with van der Waals surface area (Å²) in [5.41, 5.74) is 0.930. The number of benzene rings is 1. The Morgan fingerprint density at radius 2 is 1.87 bits per heavy atom. The number of esters is 2. The van der Waals surface area contributed by atoms with Crippen molar-refractivity contribution in [3.05, 3.63) is 29.8 Å². The van der Waals surface area contributed by atoms with E-state index in [2.05, 4.69) is 5.32 Å². The van der Waals surface area contributed by atoms with E-state index in [1.54, 1.807) is 19.1 Å². The van der Waals surface area contributed by atoms with E-state index in [9.17, 15) is 22.8 Å². The van der Waals surface area contributed by atoms with E-state index in [1.807, 2.05) is 6.92 Å². The second kappa shape index (κ2) is 11.1. The van der Waals surface area contributed by atoms with Gasteiger partial charge in [0.1, 0.15) is 6.04 Å². The molecule has 0 aliphatic carbocycles. The molecule has 0 bridgehead atoms. The fourth-order valence-corrected chi connectivity index (χ4v) is 4.73. The number of hydrogen-bond acceptors (Lipinski definition) is 7. The Kier molecular flexibility index (Phi) is 8.79. The maximum atomic E-state index is 12.9. The fourth-order valence-electron chi connectivity index (χ4n) is 3.09. The summed E-state index contributed by atoms with van der Waals surface area (Å²) in [6, 6.07) is 5.46. The summed E-state index contributed by atoms with van der Waals surface area (Å²) >= 11 is 0. The van der Waals surface area contributed by atoms with Crippen LogP contribution in [0, 0.1) is 6.92 Å². The summed E-state index contributed by atoms with van der Waals surface area (Å²) in [4.78, 5) is 35.6. The van der Waals surface area contributed by atoms with Gasteiger partial charge in [0.15, 0.2) is 6.61 Å². The Balaban J connectivity index is 1.83. The van der Waals surface area contributed by atoms with Crippen LogP contribution in [0.15, 0.2) is 29.2 Å². The topological polar surface area (TPSA) is 119 Å². The molecule has 2 rings (SSSR count). The van der Waals surface area contributed by atoms with E-state index in [0.29, 0.717) is 25.9 Å². The lowest BCUT2D eigenvalue weighted by Gasteiger charge is -2.22. The second-order valence-corrected chi connectivity index (χ2v) is 8.84. The van der Waals surface area contributed by atoms with Gasteiger partial charge in [-0.15, -0.1) is 0 Å². The highest BCUT2D eigenvalue weighted by atomic mass is 32.2. The molecule has 0 radical (unpaired) electrons. The number of aryl methyl sites for hydroxylation is 1. The van der Waals surface area contributed by atoms with E-state index in [-0.39, 0.29) is 30.4 Å². The Labute approximate surface area is 176 Å². The maximum Gasteiger partial charge on any atom is 0.324 e. The summed E-state index contributed by atoms with van der Waals surface area (Å²) in [7, 11) is -3.83. The number of nitrogens with zero attached hydrogens (tertiary/aromatic N) is 1. The largest absolute Gasteiger partial charge is 0.466 e. The first kappa shape index (κ1) is 23.8. The molecule has 9 nitrogen and oxygen atoms in total. The fraction of sp³-hybridized carbons (Fsp3) is 0.550. The molecule has 1 aromatic rings. The lowest BCUT2D eigenvalue weighted by atomic mass is 10.2. The van der Waals surface area contributed by atoms with Crippen LogP contribution in [0.25, 0.3) is 0 Å². The molecular weight excluding hydrogens is 412 g/mol. The zero-order valence-electron chi connectivity index (χ0n) is 17.3. The highest BCUT2D eigenvalue weighted by molar-refractivity contribution is 7.89. The Morgan fingerprint density at radius 3 is 2.53 bits per heavy atom. The van der Waals surface area contributed by atoms with Crippen molar-refractivity contribution < 1.29 is 32.3 Å². The molecule has 1 saturated heterocycles. The molecule has 1 amide bonds. The molecule has 1 fully saturated rings. The number of nitrogens with one attached hydrogen (secondary N) is 1. The third-order valence-corrected chi connectivity index (χ3v) is 6.56. The molecule has 0 spiro atoms. The van der Waals surface area contributed by atoms with Gasteiger partial charge >= 0.3 is 11.9 Å². The lowest BCUT2D eigenvalue weighted by Crippen LogP contribution is -2.42. The third kappa shape index (κ3) is 6.53. The van der Waals surface area contributed by atoms with Crippen molar-refractivity contribution in [2.24, 2.45) is 0 Å². The van der Waals surface area contributed by atoms with Crippen LogP contribution >= 0.6 is 0 Å². The third-order valence-electron chi connectivity index (χ3n) is 4.63. The minimum atomic E-state index is -3.83. The van der Waals surface area contributed by atoms with Crippen molar-refractivity contribution in [1.29, 1.82) is 0 Å². The summed E-state index contributed by atoms with van der Waals surface area (Å²) in [6.07, 6.45) is 1.46. The number of hydrogen-bond donors (Lipinski definition) is 1. The van der Waals surface area contributed by atoms with E-state index in [4.69, 9.17) is 9.47 Å². The number of rotatable bonds is 10. The quantitative estimate of drug-likeness (QED) is 0.428. The van der Waals surface area contributed by atoms with Gasteiger partial charge in [-0.2, -0.15) is 4.31 Å². The zero-order chi connectivity index (χ0) is 22.1. The van der Waals surface area contributed by atoms with E-state index < -0.39 is 34.5 Å². The van der Waals surface area contributed by atoms with Gasteiger partial charge in [-0.1, -0.05) is 17.7 Å². The van der Waals surface area contributed by atoms with Crippen molar-refractivity contribution in [1.82, 2.24) is 9.62 Å². The second-order valence-electron chi connectivity index (χ2n) is 6.95. The van der Waals surface area contributed by atoms with Crippen molar-refractivity contribution >= 4 is 27.9 Å². The van der Waals surface area contributed by atoms with Gasteiger partial charge in [-0.3, -0.25) is 14.4 Å². The molecule has 1 aliphatic rings. The first-order valence-corrected chi connectivity index (χ1v) is 11.4. The van der Waals surface area contributed by atoms with Crippen molar-refractivity contribution in [3.63, 3.8) is 0 Å². The molecule has 1 atom stereocenters. The van der Waals surface area contributed by atoms with Gasteiger partial charge < -0.3 is 14.8 Å². The number of carbonyl (C=O) groups is 3. The first-order valence-electron chi connectivity index (χ1n) is 9.93. The molecule has 0 aromatic heterocycles. The number of sulfonamides is 1. The van der Waals surface area contributed by atoms with Crippen molar-refractivity contribution in [2.75, 3.05) is 26.3 Å². The summed E-state index contributed by atoms with van der Waals surface area (Å²) in [6.45, 7) is 3.83. The monoisotopic (exact) mass is 440 g/mol. The van der Waals surface area contributed by atoms with Crippen molar-refractivity contribution in [3.8, 4) is 0 Å². The number of amides is 1. The molecular formula is C20H28N2O7S. The van der Waals surface area contributed by atoms with Gasteiger partial charge in [0, 0.05) is 19.5 Å². The molecule has 166 valence electrons. The molecule has 10 heteroatoms. The molecule has 0 saturated carbocycles. The summed E-state index contributed by atoms with van der Waals surface area (Å²) < 4.78 is 36.7. The predicted octanol–water partition coefficient (Wildman–Crippen LogP) is 1.15. The van der Waals surface area contributed by atoms with Gasteiger partial charge in [-0.05, 0) is 45.2 Å². The zero-order valence-corrected chi connectivity index (χ0v) is 18.1. The smallest absolute Gasteiger partial charge is 0.324 e. The van der Waals surface area contributed by atoms with Gasteiger partial charge in [-0.25, -0.2) is 8.42 Å². The van der Waals surface area contributed by atoms with Crippen LogP contribution in [0.4, 0.5) is 0 Å². The van der Waals surface area contributed by atoms with Crippen LogP contribution in [-0.2, 0) is 33.9 Å². The van der Waals surface area contributed by atoms with Crippen LogP contribution in [0.1, 0.15) is 38.2 Å². The first-order chi connectivity index (χ1) is 14.3. The standard InChI is InChI=1S/C20H28N2O7S/c1-3-28-19(24)7-4-12-21-18(23)14-29-20(25)17-6-5-13-22(17)30(26,27)16-10-8-15(2)9-11-16/h8-11,17H,3-7,12-14H2,1-2H3,(H,21,23). The minimum absolute atomic E-state index is 0.118. The van der Waals surface area contributed by atoms with Gasteiger partial charge in [0.2, 0.25) is 10.0 Å². The SMILES string of the molecule is CCOC(=O)CCCNC(=O)COC(=O)C1CCCN1S(=O)(=O)c1ccc(C)cc1. The van der Waals surface area contributed by atoms with Crippen LogP contribution in [0.2, 0.25) is 0 Å². The Morgan fingerprint density at radius 1 is 1.17 bits per heavy atom. The van der Waals surface area contributed by atoms with Crippen LogP contribution < -0.4 is 5.32 Å². The highest BCUT2D eigenvalue weighted by Gasteiger charge is 2.40. The van der Waals surface area contributed by atoms with E-state index >= 15 is 0 Å². The highest BCUT2D eigenvalue weighted by Crippen LogP contribution is 2.27. The molecule has 1 heterocycles. The number of carbonyl (C=O) groups excluding carboxylic acids is 3. The molecule has 30 heavy (non-hydrogen) atoms. The van der Waals surface area contributed by atoms with Crippen LogP contribution in [-0.4, -0.2) is 62.9 Å². The van der Waals surface area contributed by atoms with E-state index in [1.165, 1.54) is 12.1 Å². The maximum absolute atomic E-state index is 12.9. The molecule has 1 N–H and O–H groups in total. The lowest BCUT2D eigenvalue weighted by molar-refractivity contribution is -0.151. The van der Waals surface area contributed by atoms with Crippen LogP contribution in [0.5, 0.6) is 0 Å². The van der Waals surface area contributed by atoms with Gasteiger partial charge in [0.05, 0.1) is 11.5 Å². The number of ether oxygens (including phenoxy) is 2. The average molecular weight is 441 g/mol. The average Bonchev–Trinajstić information content (AvgIpc) is 3.21.